The van der Waals surface area contributed by atoms with Crippen molar-refractivity contribution in [1.29, 1.82) is 0 Å². The van der Waals surface area contributed by atoms with Crippen molar-refractivity contribution in [3.8, 4) is 0 Å². The Labute approximate surface area is 178 Å². The van der Waals surface area contributed by atoms with Gasteiger partial charge in [-0.2, -0.15) is 0 Å². The molecule has 4 heteroatoms. The Bertz CT molecular complexity index is 782. The van der Waals surface area contributed by atoms with Crippen LogP contribution in [0.5, 0.6) is 0 Å². The van der Waals surface area contributed by atoms with E-state index in [-0.39, 0.29) is 23.1 Å². The van der Waals surface area contributed by atoms with Gasteiger partial charge >= 0.3 is 0 Å². The van der Waals surface area contributed by atoms with Crippen LogP contribution in [0.4, 0.5) is 0 Å². The zero-order chi connectivity index (χ0) is 21.9. The number of Topliss-reactive ketones (excluding diaryl/α,β-unsaturated/α-hetero) is 4. The third-order valence-corrected chi connectivity index (χ3v) is 5.47. The van der Waals surface area contributed by atoms with Crippen molar-refractivity contribution < 1.29 is 19.2 Å². The molecule has 2 atom stereocenters. The first-order valence-electron chi connectivity index (χ1n) is 10.6. The van der Waals surface area contributed by atoms with Gasteiger partial charge in [0, 0.05) is 11.1 Å². The first-order chi connectivity index (χ1) is 14.4. The summed E-state index contributed by atoms with van der Waals surface area (Å²) in [4.78, 5) is 49.1. The number of benzene rings is 2. The maximum absolute atomic E-state index is 12.6. The minimum Gasteiger partial charge on any atom is -0.299 e. The molecular weight excluding hydrogens is 376 g/mol. The van der Waals surface area contributed by atoms with E-state index in [9.17, 15) is 19.2 Å². The molecule has 0 aliphatic carbocycles. The van der Waals surface area contributed by atoms with E-state index in [4.69, 9.17) is 0 Å². The SMILES string of the molecule is CC(=O)C(CCCCCCC(C(C)=O)C(=O)c1ccccc1)C(=O)c1ccccc1. The predicted molar refractivity (Wildman–Crippen MR) is 118 cm³/mol. The summed E-state index contributed by atoms with van der Waals surface area (Å²) in [5.41, 5.74) is 1.14. The molecule has 0 bridgehead atoms. The molecule has 0 radical (unpaired) electrons. The van der Waals surface area contributed by atoms with Crippen LogP contribution in [0, 0.1) is 11.8 Å². The molecule has 0 saturated carbocycles. The highest BCUT2D eigenvalue weighted by atomic mass is 16.2. The third-order valence-electron chi connectivity index (χ3n) is 5.47. The average molecular weight is 407 g/mol. The van der Waals surface area contributed by atoms with Gasteiger partial charge in [0.2, 0.25) is 0 Å². The quantitative estimate of drug-likeness (QED) is 0.250. The maximum Gasteiger partial charge on any atom is 0.173 e. The van der Waals surface area contributed by atoms with Crippen LogP contribution in [0.2, 0.25) is 0 Å². The fourth-order valence-electron chi connectivity index (χ4n) is 3.70. The van der Waals surface area contributed by atoms with Crippen molar-refractivity contribution in [2.75, 3.05) is 0 Å². The molecule has 2 aromatic carbocycles. The van der Waals surface area contributed by atoms with Gasteiger partial charge in [-0.1, -0.05) is 86.3 Å². The topological polar surface area (TPSA) is 68.3 Å². The third kappa shape index (κ3) is 6.87. The van der Waals surface area contributed by atoms with Gasteiger partial charge in [0.05, 0.1) is 11.8 Å². The lowest BCUT2D eigenvalue weighted by atomic mass is 9.88. The lowest BCUT2D eigenvalue weighted by molar-refractivity contribution is -0.120. The molecule has 0 heterocycles. The Hall–Kier alpha value is -2.88. The van der Waals surface area contributed by atoms with Crippen LogP contribution in [0.15, 0.2) is 60.7 Å². The number of ketones is 4. The molecule has 0 aliphatic heterocycles. The highest BCUT2D eigenvalue weighted by molar-refractivity contribution is 6.10. The van der Waals surface area contributed by atoms with E-state index in [0.717, 1.165) is 25.7 Å². The molecule has 0 amide bonds. The Morgan fingerprint density at radius 3 is 1.20 bits per heavy atom. The fraction of sp³-hybridized carbons (Fsp3) is 0.385. The summed E-state index contributed by atoms with van der Waals surface area (Å²) in [6.07, 6.45) is 4.30. The minimum absolute atomic E-state index is 0.103. The van der Waals surface area contributed by atoms with E-state index in [2.05, 4.69) is 0 Å². The monoisotopic (exact) mass is 406 g/mol. The first kappa shape index (κ1) is 23.4. The molecule has 2 rings (SSSR count). The molecule has 0 aromatic heterocycles. The smallest absolute Gasteiger partial charge is 0.173 e. The molecule has 0 spiro atoms. The normalized spacial score (nSPS) is 12.7. The van der Waals surface area contributed by atoms with Gasteiger partial charge in [0.25, 0.3) is 0 Å². The molecule has 30 heavy (non-hydrogen) atoms. The molecule has 0 saturated heterocycles. The van der Waals surface area contributed by atoms with Crippen molar-refractivity contribution in [3.63, 3.8) is 0 Å². The van der Waals surface area contributed by atoms with Gasteiger partial charge in [0.15, 0.2) is 11.6 Å². The second-order valence-corrected chi connectivity index (χ2v) is 7.78. The van der Waals surface area contributed by atoms with E-state index < -0.39 is 11.8 Å². The summed E-state index contributed by atoms with van der Waals surface area (Å²) in [5, 5.41) is 0. The van der Waals surface area contributed by atoms with Gasteiger partial charge in [-0.05, 0) is 26.7 Å². The zero-order valence-electron chi connectivity index (χ0n) is 17.8. The van der Waals surface area contributed by atoms with Crippen molar-refractivity contribution in [2.45, 2.75) is 52.4 Å². The van der Waals surface area contributed by atoms with Gasteiger partial charge in [-0.25, -0.2) is 0 Å². The summed E-state index contributed by atoms with van der Waals surface area (Å²) in [6.45, 7) is 2.94. The van der Waals surface area contributed by atoms with E-state index in [1.165, 1.54) is 13.8 Å². The highest BCUT2D eigenvalue weighted by Crippen LogP contribution is 2.21. The van der Waals surface area contributed by atoms with Crippen molar-refractivity contribution in [1.82, 2.24) is 0 Å². The van der Waals surface area contributed by atoms with E-state index in [1.54, 1.807) is 48.5 Å². The number of carbonyl (C=O) groups is 4. The second-order valence-electron chi connectivity index (χ2n) is 7.78. The standard InChI is InChI=1S/C26H30O4/c1-19(27)23(25(29)21-13-7-5-8-14-21)17-11-3-4-12-18-24(20(2)28)26(30)22-15-9-6-10-16-22/h5-10,13-16,23-24H,3-4,11-12,17-18H2,1-2H3. The predicted octanol–water partition coefficient (Wildman–Crippen LogP) is 5.50. The molecule has 4 nitrogen and oxygen atoms in total. The van der Waals surface area contributed by atoms with E-state index >= 15 is 0 Å². The number of hydrogen-bond acceptors (Lipinski definition) is 4. The van der Waals surface area contributed by atoms with Crippen LogP contribution in [0.25, 0.3) is 0 Å². The summed E-state index contributed by atoms with van der Waals surface area (Å²) >= 11 is 0. The lowest BCUT2D eigenvalue weighted by Gasteiger charge is -2.14. The summed E-state index contributed by atoms with van der Waals surface area (Å²) in [6, 6.07) is 17.8. The van der Waals surface area contributed by atoms with E-state index in [0.29, 0.717) is 24.0 Å². The highest BCUT2D eigenvalue weighted by Gasteiger charge is 2.25. The van der Waals surface area contributed by atoms with Crippen molar-refractivity contribution in [3.05, 3.63) is 71.8 Å². The van der Waals surface area contributed by atoms with E-state index in [1.807, 2.05) is 12.1 Å². The van der Waals surface area contributed by atoms with Crippen LogP contribution >= 0.6 is 0 Å². The lowest BCUT2D eigenvalue weighted by Crippen LogP contribution is -2.22. The van der Waals surface area contributed by atoms with Crippen LogP contribution in [0.1, 0.15) is 73.1 Å². The molecule has 2 unspecified atom stereocenters. The van der Waals surface area contributed by atoms with Crippen molar-refractivity contribution in [2.24, 2.45) is 11.8 Å². The number of rotatable bonds is 13. The summed E-state index contributed by atoms with van der Waals surface area (Å²) < 4.78 is 0. The molecule has 0 N–H and O–H groups in total. The van der Waals surface area contributed by atoms with Gasteiger partial charge < -0.3 is 0 Å². The Balaban J connectivity index is 1.79. The number of unbranched alkanes of at least 4 members (excludes halogenated alkanes) is 3. The number of carbonyl (C=O) groups excluding carboxylic acids is 4. The molecular formula is C26H30O4. The molecule has 0 aliphatic rings. The van der Waals surface area contributed by atoms with Gasteiger partial charge in [0.1, 0.15) is 11.6 Å². The Morgan fingerprint density at radius 1 is 0.567 bits per heavy atom. The fourth-order valence-corrected chi connectivity index (χ4v) is 3.70. The first-order valence-corrected chi connectivity index (χ1v) is 10.6. The minimum atomic E-state index is -0.600. The van der Waals surface area contributed by atoms with Crippen molar-refractivity contribution >= 4 is 23.1 Å². The second kappa shape index (κ2) is 12.0. The van der Waals surface area contributed by atoms with Crippen LogP contribution < -0.4 is 0 Å². The number of hydrogen-bond donors (Lipinski definition) is 0. The summed E-state index contributed by atoms with van der Waals surface area (Å²) in [5.74, 6) is -1.64. The molecule has 0 fully saturated rings. The average Bonchev–Trinajstić information content (AvgIpc) is 2.75. The molecule has 158 valence electrons. The molecule has 2 aromatic rings. The largest absolute Gasteiger partial charge is 0.299 e. The van der Waals surface area contributed by atoms with Gasteiger partial charge in [-0.15, -0.1) is 0 Å². The zero-order valence-corrected chi connectivity index (χ0v) is 17.8. The summed E-state index contributed by atoms with van der Waals surface area (Å²) in [7, 11) is 0. The van der Waals surface area contributed by atoms with Gasteiger partial charge in [-0.3, -0.25) is 19.2 Å². The Kier molecular flexibility index (Phi) is 9.33. The van der Waals surface area contributed by atoms with Crippen LogP contribution in [0.3, 0.4) is 0 Å². The van der Waals surface area contributed by atoms with Crippen LogP contribution in [-0.2, 0) is 9.59 Å². The maximum atomic E-state index is 12.6. The van der Waals surface area contributed by atoms with Crippen LogP contribution in [-0.4, -0.2) is 23.1 Å². The Morgan fingerprint density at radius 2 is 0.900 bits per heavy atom.